The van der Waals surface area contributed by atoms with Crippen LogP contribution in [0, 0.1) is 0 Å². The molecule has 0 saturated carbocycles. The third kappa shape index (κ3) is 2.65. The van der Waals surface area contributed by atoms with Gasteiger partial charge in [-0.1, -0.05) is 0 Å². The molecule has 1 heterocycles. The van der Waals surface area contributed by atoms with Crippen molar-refractivity contribution in [3.05, 3.63) is 0 Å². The minimum absolute atomic E-state index is 0.0843. The molecule has 1 aliphatic heterocycles. The predicted octanol–water partition coefficient (Wildman–Crippen LogP) is -0.540. The zero-order chi connectivity index (χ0) is 10.1. The van der Waals surface area contributed by atoms with Crippen molar-refractivity contribution >= 4 is 19.9 Å². The number of rotatable bonds is 3. The molecule has 5 nitrogen and oxygen atoms in total. The Kier molecular flexibility index (Phi) is 2.98. The van der Waals surface area contributed by atoms with Gasteiger partial charge >= 0.3 is 0 Å². The molecule has 0 aromatic carbocycles. The molecule has 7 heteroatoms. The highest BCUT2D eigenvalue weighted by atomic mass is 32.2. The van der Waals surface area contributed by atoms with E-state index in [-0.39, 0.29) is 11.5 Å². The molecular formula is C6H13NO4S2. The second-order valence-corrected chi connectivity index (χ2v) is 7.36. The third-order valence-electron chi connectivity index (χ3n) is 2.02. The fraction of sp³-hybridized carbons (Fsp3) is 1.00. The van der Waals surface area contributed by atoms with E-state index in [2.05, 4.69) is 4.72 Å². The molecule has 1 saturated heterocycles. The van der Waals surface area contributed by atoms with Crippen molar-refractivity contribution in [1.82, 2.24) is 4.72 Å². The van der Waals surface area contributed by atoms with Crippen LogP contribution in [0.3, 0.4) is 0 Å². The number of sulfonamides is 1. The van der Waals surface area contributed by atoms with Gasteiger partial charge in [0.05, 0.1) is 11.5 Å². The average Bonchev–Trinajstić information content (AvgIpc) is 2.31. The zero-order valence-electron chi connectivity index (χ0n) is 7.36. The summed E-state index contributed by atoms with van der Waals surface area (Å²) >= 11 is 0. The first-order valence-corrected chi connectivity index (χ1v) is 7.46. The van der Waals surface area contributed by atoms with Gasteiger partial charge in [-0.3, -0.25) is 0 Å². The van der Waals surface area contributed by atoms with E-state index in [9.17, 15) is 16.8 Å². The van der Waals surface area contributed by atoms with Crippen molar-refractivity contribution < 1.29 is 16.8 Å². The summed E-state index contributed by atoms with van der Waals surface area (Å²) in [5.41, 5.74) is 0. The van der Waals surface area contributed by atoms with Crippen molar-refractivity contribution in [3.63, 3.8) is 0 Å². The molecule has 13 heavy (non-hydrogen) atoms. The minimum atomic E-state index is -3.40. The average molecular weight is 227 g/mol. The maximum Gasteiger partial charge on any atom is 0.212 e. The van der Waals surface area contributed by atoms with Gasteiger partial charge in [-0.05, 0) is 19.8 Å². The van der Waals surface area contributed by atoms with E-state index in [0.29, 0.717) is 12.8 Å². The smallest absolute Gasteiger partial charge is 0.212 e. The molecule has 0 aliphatic carbocycles. The topological polar surface area (TPSA) is 80.3 Å². The number of hydrogen-bond acceptors (Lipinski definition) is 4. The SMILES string of the molecule is CCS(=O)(=O)NC1CCCS1(=O)=O. The molecule has 0 bridgehead atoms. The molecule has 1 unspecified atom stereocenters. The summed E-state index contributed by atoms with van der Waals surface area (Å²) in [6.07, 6.45) is 0.931. The lowest BCUT2D eigenvalue weighted by Crippen LogP contribution is -2.38. The lowest BCUT2D eigenvalue weighted by Gasteiger charge is -2.10. The van der Waals surface area contributed by atoms with Crippen LogP contribution in [0.5, 0.6) is 0 Å². The van der Waals surface area contributed by atoms with Crippen LogP contribution in [0.1, 0.15) is 19.8 Å². The highest BCUT2D eigenvalue weighted by Crippen LogP contribution is 2.18. The van der Waals surface area contributed by atoms with Gasteiger partial charge in [0, 0.05) is 0 Å². The van der Waals surface area contributed by atoms with E-state index in [1.54, 1.807) is 0 Å². The lowest BCUT2D eigenvalue weighted by atomic mass is 10.3. The second-order valence-electron chi connectivity index (χ2n) is 3.02. The van der Waals surface area contributed by atoms with E-state index in [0.717, 1.165) is 0 Å². The Bertz CT molecular complexity index is 369. The summed E-state index contributed by atoms with van der Waals surface area (Å²) < 4.78 is 46.8. The molecule has 78 valence electrons. The van der Waals surface area contributed by atoms with Crippen LogP contribution in [-0.2, 0) is 19.9 Å². The van der Waals surface area contributed by atoms with Gasteiger partial charge in [0.25, 0.3) is 0 Å². The van der Waals surface area contributed by atoms with Gasteiger partial charge in [-0.25, -0.2) is 16.8 Å². The van der Waals surface area contributed by atoms with Crippen LogP contribution in [0.2, 0.25) is 0 Å². The summed E-state index contributed by atoms with van der Waals surface area (Å²) in [5, 5.41) is -0.891. The Morgan fingerprint density at radius 2 is 2.08 bits per heavy atom. The molecule has 1 rings (SSSR count). The first-order chi connectivity index (χ1) is 5.87. The summed E-state index contributed by atoms with van der Waals surface area (Å²) in [6.45, 7) is 1.48. The van der Waals surface area contributed by atoms with Crippen LogP contribution in [0.4, 0.5) is 0 Å². The molecule has 1 atom stereocenters. The molecular weight excluding hydrogens is 214 g/mol. The molecule has 0 aromatic rings. The first-order valence-electron chi connectivity index (χ1n) is 4.09. The summed E-state index contributed by atoms with van der Waals surface area (Å²) in [4.78, 5) is 0. The molecule has 1 N–H and O–H groups in total. The highest BCUT2D eigenvalue weighted by Gasteiger charge is 2.33. The van der Waals surface area contributed by atoms with Crippen LogP contribution in [0.25, 0.3) is 0 Å². The van der Waals surface area contributed by atoms with E-state index >= 15 is 0 Å². The van der Waals surface area contributed by atoms with Gasteiger partial charge in [0.2, 0.25) is 10.0 Å². The molecule has 1 fully saturated rings. The standard InChI is InChI=1S/C6H13NO4S2/c1-2-13(10,11)7-6-4-3-5-12(6,8)9/h6-7H,2-5H2,1H3. The summed E-state index contributed by atoms with van der Waals surface area (Å²) in [6, 6.07) is 0. The van der Waals surface area contributed by atoms with Crippen molar-refractivity contribution in [2.24, 2.45) is 0 Å². The van der Waals surface area contributed by atoms with Crippen LogP contribution in [-0.4, -0.2) is 33.7 Å². The maximum atomic E-state index is 11.2. The molecule has 0 aromatic heterocycles. The Morgan fingerprint density at radius 3 is 2.46 bits per heavy atom. The predicted molar refractivity (Wildman–Crippen MR) is 49.4 cm³/mol. The summed E-state index contributed by atoms with van der Waals surface area (Å²) in [7, 11) is -6.62. The normalized spacial score (nSPS) is 27.6. The first kappa shape index (κ1) is 10.9. The van der Waals surface area contributed by atoms with Gasteiger partial charge in [0.15, 0.2) is 9.84 Å². The number of hydrogen-bond donors (Lipinski definition) is 1. The van der Waals surface area contributed by atoms with E-state index in [1.165, 1.54) is 6.92 Å². The fourth-order valence-corrected chi connectivity index (χ4v) is 4.30. The van der Waals surface area contributed by atoms with Gasteiger partial charge in [0.1, 0.15) is 5.37 Å². The monoisotopic (exact) mass is 227 g/mol. The number of nitrogens with one attached hydrogen (secondary N) is 1. The third-order valence-corrected chi connectivity index (χ3v) is 5.65. The van der Waals surface area contributed by atoms with Crippen molar-refractivity contribution in [2.45, 2.75) is 25.1 Å². The van der Waals surface area contributed by atoms with Crippen LogP contribution < -0.4 is 4.72 Å². The maximum absolute atomic E-state index is 11.2. The zero-order valence-corrected chi connectivity index (χ0v) is 8.99. The summed E-state index contributed by atoms with van der Waals surface area (Å²) in [5.74, 6) is 0.00290. The largest absolute Gasteiger partial charge is 0.227 e. The number of sulfone groups is 1. The van der Waals surface area contributed by atoms with Gasteiger partial charge < -0.3 is 0 Å². The van der Waals surface area contributed by atoms with Gasteiger partial charge in [-0.15, -0.1) is 0 Å². The second kappa shape index (κ2) is 3.55. The van der Waals surface area contributed by atoms with E-state index in [4.69, 9.17) is 0 Å². The molecule has 1 aliphatic rings. The molecule has 0 amide bonds. The van der Waals surface area contributed by atoms with Gasteiger partial charge in [-0.2, -0.15) is 4.72 Å². The Labute approximate surface area is 78.5 Å². The molecule has 0 radical (unpaired) electrons. The highest BCUT2D eigenvalue weighted by molar-refractivity contribution is 7.94. The Hall–Kier alpha value is -0.140. The molecule has 0 spiro atoms. The Morgan fingerprint density at radius 1 is 1.46 bits per heavy atom. The van der Waals surface area contributed by atoms with Crippen molar-refractivity contribution in [2.75, 3.05) is 11.5 Å². The van der Waals surface area contributed by atoms with Crippen molar-refractivity contribution in [3.8, 4) is 0 Å². The van der Waals surface area contributed by atoms with Crippen LogP contribution >= 0.6 is 0 Å². The fourth-order valence-electron chi connectivity index (χ4n) is 1.21. The minimum Gasteiger partial charge on any atom is -0.227 e. The quantitative estimate of drug-likeness (QED) is 0.702. The Balaban J connectivity index is 2.77. The lowest BCUT2D eigenvalue weighted by molar-refractivity contribution is 0.560. The van der Waals surface area contributed by atoms with Crippen molar-refractivity contribution in [1.29, 1.82) is 0 Å². The van der Waals surface area contributed by atoms with E-state index in [1.807, 2.05) is 0 Å². The van der Waals surface area contributed by atoms with E-state index < -0.39 is 25.2 Å². The van der Waals surface area contributed by atoms with Crippen LogP contribution in [0.15, 0.2) is 0 Å².